The third-order valence-corrected chi connectivity index (χ3v) is 6.09. The van der Waals surface area contributed by atoms with Crippen molar-refractivity contribution < 1.29 is 20.1 Å². The first-order chi connectivity index (χ1) is 13.8. The van der Waals surface area contributed by atoms with Gasteiger partial charge in [-0.25, -0.2) is 4.79 Å². The Kier molecular flexibility index (Phi) is 4.84. The summed E-state index contributed by atoms with van der Waals surface area (Å²) < 4.78 is 0. The fourth-order valence-electron chi connectivity index (χ4n) is 4.38. The van der Waals surface area contributed by atoms with Gasteiger partial charge in [0, 0.05) is 35.9 Å². The number of aliphatic hydroxyl groups excluding tert-OH is 1. The van der Waals surface area contributed by atoms with Gasteiger partial charge in [-0.15, -0.1) is 0 Å². The SMILES string of the molecule is CN(C)C1CCN(c2ccc3c(c2)C(O)CCc2c-3[nH]c(=O)c(C(=O)O)c2O)C1. The van der Waals surface area contributed by atoms with Crippen LogP contribution in [0.15, 0.2) is 23.0 Å². The number of rotatable bonds is 3. The summed E-state index contributed by atoms with van der Waals surface area (Å²) in [4.78, 5) is 30.7. The fraction of sp³-hybridized carbons (Fsp3) is 0.429. The van der Waals surface area contributed by atoms with Crippen molar-refractivity contribution in [2.45, 2.75) is 31.4 Å². The van der Waals surface area contributed by atoms with E-state index in [1.807, 2.05) is 18.2 Å². The molecule has 154 valence electrons. The minimum absolute atomic E-state index is 0.260. The predicted molar refractivity (Wildman–Crippen MR) is 109 cm³/mol. The molecule has 2 aliphatic rings. The monoisotopic (exact) mass is 399 g/mol. The van der Waals surface area contributed by atoms with Crippen molar-refractivity contribution in [3.63, 3.8) is 0 Å². The first-order valence-electron chi connectivity index (χ1n) is 9.73. The average Bonchev–Trinajstić information content (AvgIpc) is 3.11. The number of aromatic hydroxyl groups is 1. The molecule has 8 nitrogen and oxygen atoms in total. The van der Waals surface area contributed by atoms with Crippen molar-refractivity contribution in [3.05, 3.63) is 45.2 Å². The van der Waals surface area contributed by atoms with Gasteiger partial charge in [0.2, 0.25) is 0 Å². The predicted octanol–water partition coefficient (Wildman–Crippen LogP) is 1.57. The molecule has 2 unspecified atom stereocenters. The summed E-state index contributed by atoms with van der Waals surface area (Å²) in [5.74, 6) is -2.00. The average molecular weight is 399 g/mol. The van der Waals surface area contributed by atoms with E-state index in [1.54, 1.807) is 0 Å². The van der Waals surface area contributed by atoms with Crippen LogP contribution in [0.3, 0.4) is 0 Å². The third kappa shape index (κ3) is 3.28. The van der Waals surface area contributed by atoms with Crippen LogP contribution in [0.2, 0.25) is 0 Å². The Morgan fingerprint density at radius 3 is 2.69 bits per heavy atom. The Bertz CT molecular complexity index is 1030. The summed E-state index contributed by atoms with van der Waals surface area (Å²) in [5.41, 5.74) is 1.50. The molecule has 1 saturated heterocycles. The smallest absolute Gasteiger partial charge is 0.345 e. The van der Waals surface area contributed by atoms with Crippen LogP contribution in [-0.2, 0) is 6.42 Å². The van der Waals surface area contributed by atoms with Crippen LogP contribution >= 0.6 is 0 Å². The number of aromatic carboxylic acids is 1. The lowest BCUT2D eigenvalue weighted by atomic mass is 9.98. The molecule has 2 heterocycles. The Morgan fingerprint density at radius 2 is 2.03 bits per heavy atom. The van der Waals surface area contributed by atoms with E-state index in [1.165, 1.54) is 0 Å². The lowest BCUT2D eigenvalue weighted by molar-refractivity contribution is 0.0691. The van der Waals surface area contributed by atoms with Gasteiger partial charge in [0.05, 0.1) is 11.8 Å². The van der Waals surface area contributed by atoms with E-state index in [9.17, 15) is 24.9 Å². The van der Waals surface area contributed by atoms with E-state index in [2.05, 4.69) is 28.9 Å². The van der Waals surface area contributed by atoms with Gasteiger partial charge in [0.1, 0.15) is 5.75 Å². The molecule has 1 aliphatic heterocycles. The molecule has 4 N–H and O–H groups in total. The first-order valence-corrected chi connectivity index (χ1v) is 9.73. The Balaban J connectivity index is 1.80. The molecular weight excluding hydrogens is 374 g/mol. The second-order valence-electron chi connectivity index (χ2n) is 8.01. The number of nitrogens with zero attached hydrogens (tertiary/aromatic N) is 2. The number of hydrogen-bond donors (Lipinski definition) is 4. The normalized spacial score (nSPS) is 21.0. The topological polar surface area (TPSA) is 117 Å². The maximum absolute atomic E-state index is 12.3. The molecule has 1 fully saturated rings. The van der Waals surface area contributed by atoms with Crippen LogP contribution in [0.4, 0.5) is 5.69 Å². The second kappa shape index (κ2) is 7.20. The van der Waals surface area contributed by atoms with Gasteiger partial charge in [-0.05, 0) is 51.1 Å². The molecule has 2 atom stereocenters. The van der Waals surface area contributed by atoms with Gasteiger partial charge in [-0.2, -0.15) is 0 Å². The summed E-state index contributed by atoms with van der Waals surface area (Å²) >= 11 is 0. The minimum atomic E-state index is -1.48. The van der Waals surface area contributed by atoms with Crippen molar-refractivity contribution in [1.82, 2.24) is 9.88 Å². The molecule has 0 saturated carbocycles. The summed E-state index contributed by atoms with van der Waals surface area (Å²) in [5, 5.41) is 30.4. The van der Waals surface area contributed by atoms with Gasteiger partial charge >= 0.3 is 5.97 Å². The van der Waals surface area contributed by atoms with Crippen molar-refractivity contribution in [2.24, 2.45) is 0 Å². The molecule has 1 aromatic heterocycles. The number of benzene rings is 1. The van der Waals surface area contributed by atoms with Crippen LogP contribution in [0.1, 0.15) is 40.4 Å². The van der Waals surface area contributed by atoms with Gasteiger partial charge in [-0.1, -0.05) is 6.07 Å². The molecule has 1 aromatic carbocycles. The molecule has 0 spiro atoms. The molecule has 2 aromatic rings. The van der Waals surface area contributed by atoms with Crippen LogP contribution in [0.5, 0.6) is 5.75 Å². The van der Waals surface area contributed by atoms with Crippen molar-refractivity contribution in [1.29, 1.82) is 0 Å². The number of H-pyrrole nitrogens is 1. The van der Waals surface area contributed by atoms with Crippen molar-refractivity contribution >= 4 is 11.7 Å². The summed E-state index contributed by atoms with van der Waals surface area (Å²) in [7, 11) is 4.14. The Morgan fingerprint density at radius 1 is 1.28 bits per heavy atom. The van der Waals surface area contributed by atoms with E-state index in [0.717, 1.165) is 25.2 Å². The maximum Gasteiger partial charge on any atom is 0.345 e. The lowest BCUT2D eigenvalue weighted by Crippen LogP contribution is -2.31. The molecule has 8 heteroatoms. The highest BCUT2D eigenvalue weighted by atomic mass is 16.4. The number of aliphatic hydroxyl groups is 1. The Hall–Kier alpha value is -2.84. The standard InChI is InChI=1S/C21H25N3O5/c1-23(2)12-7-8-24(10-12)11-3-4-13-15(9-11)16(25)6-5-14-18(13)22-20(27)17(19(14)26)21(28)29/h3-4,9,12,16,25H,5-8,10H2,1-2H3,(H,28,29)(H2,22,26,27). The number of pyridine rings is 1. The summed E-state index contributed by atoms with van der Waals surface area (Å²) in [6.07, 6.45) is 0.869. The van der Waals surface area contributed by atoms with E-state index >= 15 is 0 Å². The van der Waals surface area contributed by atoms with Gasteiger partial charge in [0.15, 0.2) is 5.56 Å². The zero-order valence-electron chi connectivity index (χ0n) is 16.5. The molecule has 29 heavy (non-hydrogen) atoms. The van der Waals surface area contributed by atoms with E-state index < -0.39 is 28.9 Å². The minimum Gasteiger partial charge on any atom is -0.506 e. The molecule has 1 aliphatic carbocycles. The number of hydrogen-bond acceptors (Lipinski definition) is 6. The van der Waals surface area contributed by atoms with Gasteiger partial charge in [-0.3, -0.25) is 4.79 Å². The number of aromatic nitrogens is 1. The van der Waals surface area contributed by atoms with Crippen LogP contribution in [-0.4, -0.2) is 64.4 Å². The van der Waals surface area contributed by atoms with Crippen molar-refractivity contribution in [2.75, 3.05) is 32.1 Å². The number of carboxylic acid groups (broad SMARTS) is 1. The van der Waals surface area contributed by atoms with E-state index in [-0.39, 0.29) is 6.42 Å². The molecule has 0 radical (unpaired) electrons. The zero-order chi connectivity index (χ0) is 20.9. The number of anilines is 1. The number of nitrogens with one attached hydrogen (secondary N) is 1. The van der Waals surface area contributed by atoms with E-state index in [0.29, 0.717) is 34.8 Å². The number of likely N-dealkylation sites (N-methyl/N-ethyl adjacent to an activating group) is 1. The van der Waals surface area contributed by atoms with Crippen molar-refractivity contribution in [3.8, 4) is 17.0 Å². The van der Waals surface area contributed by atoms with Crippen LogP contribution in [0, 0.1) is 0 Å². The molecule has 4 rings (SSSR count). The fourth-order valence-corrected chi connectivity index (χ4v) is 4.38. The molecular formula is C21H25N3O5. The summed E-state index contributed by atoms with van der Waals surface area (Å²) in [6.45, 7) is 1.83. The largest absolute Gasteiger partial charge is 0.506 e. The quantitative estimate of drug-likeness (QED) is 0.619. The Labute approximate surface area is 168 Å². The number of aromatic amines is 1. The van der Waals surface area contributed by atoms with E-state index in [4.69, 9.17) is 0 Å². The number of fused-ring (bicyclic) bond motifs is 3. The number of carbonyl (C=O) groups is 1. The highest BCUT2D eigenvalue weighted by molar-refractivity contribution is 5.92. The third-order valence-electron chi connectivity index (χ3n) is 6.09. The highest BCUT2D eigenvalue weighted by Crippen LogP contribution is 2.41. The highest BCUT2D eigenvalue weighted by Gasteiger charge is 2.30. The van der Waals surface area contributed by atoms with Gasteiger partial charge in [0.25, 0.3) is 5.56 Å². The van der Waals surface area contributed by atoms with Crippen LogP contribution < -0.4 is 10.5 Å². The van der Waals surface area contributed by atoms with Crippen LogP contribution in [0.25, 0.3) is 11.3 Å². The lowest BCUT2D eigenvalue weighted by Gasteiger charge is -2.23. The molecule has 0 amide bonds. The second-order valence-corrected chi connectivity index (χ2v) is 8.01. The molecule has 0 bridgehead atoms. The maximum atomic E-state index is 12.3. The zero-order valence-corrected chi connectivity index (χ0v) is 16.5. The number of carboxylic acids is 1. The van der Waals surface area contributed by atoms with Gasteiger partial charge < -0.3 is 30.1 Å². The first kappa shape index (κ1) is 19.5. The summed E-state index contributed by atoms with van der Waals surface area (Å²) in [6, 6.07) is 6.19.